The number of hydrogen-bond donors (Lipinski definition) is 1. The van der Waals surface area contributed by atoms with Crippen molar-refractivity contribution in [2.24, 2.45) is 0 Å². The Hall–Kier alpha value is -2.69. The van der Waals surface area contributed by atoms with E-state index in [9.17, 15) is 4.79 Å². The number of rotatable bonds is 1. The van der Waals surface area contributed by atoms with E-state index in [0.717, 1.165) is 43.5 Å². The molecule has 5 rings (SSSR count). The summed E-state index contributed by atoms with van der Waals surface area (Å²) in [4.78, 5) is 26.8. The zero-order valence-corrected chi connectivity index (χ0v) is 12.7. The van der Waals surface area contributed by atoms with Gasteiger partial charge in [-0.15, -0.1) is 0 Å². The molecule has 114 valence electrons. The maximum atomic E-state index is 12.7. The number of H-pyrrole nitrogens is 1. The summed E-state index contributed by atoms with van der Waals surface area (Å²) in [5.74, 6) is 0.595. The van der Waals surface area contributed by atoms with Crippen molar-refractivity contribution in [1.29, 1.82) is 0 Å². The molecule has 5 heteroatoms. The molecule has 1 aliphatic carbocycles. The van der Waals surface area contributed by atoms with Crippen LogP contribution in [0, 0.1) is 0 Å². The molecule has 1 aliphatic heterocycles. The highest BCUT2D eigenvalue weighted by Gasteiger charge is 2.24. The molecule has 0 bridgehead atoms. The summed E-state index contributed by atoms with van der Waals surface area (Å²) in [7, 11) is 0. The summed E-state index contributed by atoms with van der Waals surface area (Å²) >= 11 is 0. The lowest BCUT2D eigenvalue weighted by Crippen LogP contribution is -2.22. The van der Waals surface area contributed by atoms with Crippen LogP contribution in [-0.2, 0) is 19.3 Å². The molecule has 1 N–H and O–H groups in total. The van der Waals surface area contributed by atoms with Crippen LogP contribution in [0.3, 0.4) is 0 Å². The van der Waals surface area contributed by atoms with Crippen molar-refractivity contribution in [3.63, 3.8) is 0 Å². The molecule has 5 nitrogen and oxygen atoms in total. The first-order valence-corrected chi connectivity index (χ1v) is 8.07. The van der Waals surface area contributed by atoms with Crippen molar-refractivity contribution in [2.75, 3.05) is 11.4 Å². The molecular weight excluding hydrogens is 288 g/mol. The third-order valence-corrected chi connectivity index (χ3v) is 4.94. The predicted octanol–water partition coefficient (Wildman–Crippen LogP) is 2.50. The lowest BCUT2D eigenvalue weighted by molar-refractivity contribution is 0.912. The van der Waals surface area contributed by atoms with Gasteiger partial charge in [-0.3, -0.25) is 9.78 Å². The average molecular weight is 304 g/mol. The van der Waals surface area contributed by atoms with Crippen LogP contribution in [-0.4, -0.2) is 21.5 Å². The molecule has 1 aromatic carbocycles. The van der Waals surface area contributed by atoms with E-state index >= 15 is 0 Å². The highest BCUT2D eigenvalue weighted by Crippen LogP contribution is 2.33. The minimum atomic E-state index is -0.0689. The summed E-state index contributed by atoms with van der Waals surface area (Å²) in [6.07, 6.45) is 5.91. The number of fused-ring (bicyclic) bond motifs is 4. The van der Waals surface area contributed by atoms with Crippen LogP contribution in [0.15, 0.2) is 35.3 Å². The van der Waals surface area contributed by atoms with Crippen molar-refractivity contribution >= 4 is 22.7 Å². The Bertz CT molecular complexity index is 992. The Morgan fingerprint density at radius 1 is 1.09 bits per heavy atom. The first kappa shape index (κ1) is 12.8. The van der Waals surface area contributed by atoms with Gasteiger partial charge in [0.2, 0.25) is 5.95 Å². The molecule has 2 aromatic heterocycles. The fraction of sp³-hybridized carbons (Fsp3) is 0.278. The molecule has 3 heterocycles. The number of nitrogens with one attached hydrogen (secondary N) is 1. The molecule has 0 unspecified atom stereocenters. The highest BCUT2D eigenvalue weighted by molar-refractivity contribution is 5.81. The molecule has 0 spiro atoms. The van der Waals surface area contributed by atoms with E-state index < -0.39 is 0 Å². The number of anilines is 2. The quantitative estimate of drug-likeness (QED) is 0.750. The molecule has 0 fully saturated rings. The number of hydrogen-bond acceptors (Lipinski definition) is 4. The maximum Gasteiger partial charge on any atom is 0.262 e. The SMILES string of the molecule is O=c1[nH]c(N2CCc3ccccc32)nc2ncc3c(c12)CCC3. The summed E-state index contributed by atoms with van der Waals surface area (Å²) < 4.78 is 0. The first-order valence-electron chi connectivity index (χ1n) is 8.07. The van der Waals surface area contributed by atoms with Gasteiger partial charge >= 0.3 is 0 Å². The topological polar surface area (TPSA) is 61.9 Å². The van der Waals surface area contributed by atoms with E-state index in [0.29, 0.717) is 17.0 Å². The number of aryl methyl sites for hydroxylation is 2. The molecule has 0 saturated carbocycles. The van der Waals surface area contributed by atoms with Gasteiger partial charge in [-0.2, -0.15) is 4.98 Å². The van der Waals surface area contributed by atoms with Crippen molar-refractivity contribution in [1.82, 2.24) is 15.0 Å². The van der Waals surface area contributed by atoms with Crippen molar-refractivity contribution in [3.8, 4) is 0 Å². The summed E-state index contributed by atoms with van der Waals surface area (Å²) in [5.41, 5.74) is 5.24. The van der Waals surface area contributed by atoms with E-state index in [-0.39, 0.29) is 5.56 Å². The number of aromatic amines is 1. The lowest BCUT2D eigenvalue weighted by atomic mass is 10.1. The Labute approximate surface area is 133 Å². The van der Waals surface area contributed by atoms with Gasteiger partial charge in [-0.25, -0.2) is 4.98 Å². The van der Waals surface area contributed by atoms with Gasteiger partial charge in [-0.05, 0) is 48.4 Å². The van der Waals surface area contributed by atoms with E-state index in [1.165, 1.54) is 11.1 Å². The standard InChI is InChI=1S/C18H16N4O/c23-17-15-13-6-3-5-12(13)10-19-16(15)20-18(21-17)22-9-8-11-4-1-2-7-14(11)22/h1-2,4,7,10H,3,5-6,8-9H2,(H,19,20,21,23). The lowest BCUT2D eigenvalue weighted by Gasteiger charge is -2.18. The van der Waals surface area contributed by atoms with Crippen LogP contribution in [0.1, 0.15) is 23.1 Å². The highest BCUT2D eigenvalue weighted by atomic mass is 16.1. The van der Waals surface area contributed by atoms with E-state index in [4.69, 9.17) is 0 Å². The number of benzene rings is 1. The van der Waals surface area contributed by atoms with Crippen LogP contribution in [0.25, 0.3) is 11.0 Å². The molecule has 23 heavy (non-hydrogen) atoms. The minimum Gasteiger partial charge on any atom is -0.311 e. The first-order chi connectivity index (χ1) is 11.3. The van der Waals surface area contributed by atoms with Crippen molar-refractivity contribution in [3.05, 3.63) is 57.5 Å². The van der Waals surface area contributed by atoms with Gasteiger partial charge in [-0.1, -0.05) is 18.2 Å². The Morgan fingerprint density at radius 2 is 2.00 bits per heavy atom. The second-order valence-corrected chi connectivity index (χ2v) is 6.23. The zero-order valence-electron chi connectivity index (χ0n) is 12.7. The van der Waals surface area contributed by atoms with E-state index in [1.54, 1.807) is 0 Å². The number of nitrogens with zero attached hydrogens (tertiary/aromatic N) is 3. The monoisotopic (exact) mass is 304 g/mol. The molecule has 2 aliphatic rings. The zero-order chi connectivity index (χ0) is 15.4. The number of pyridine rings is 1. The summed E-state index contributed by atoms with van der Waals surface area (Å²) in [6, 6.07) is 8.26. The Kier molecular flexibility index (Phi) is 2.59. The third-order valence-electron chi connectivity index (χ3n) is 4.94. The van der Waals surface area contributed by atoms with Gasteiger partial charge in [0.1, 0.15) is 0 Å². The maximum absolute atomic E-state index is 12.7. The predicted molar refractivity (Wildman–Crippen MR) is 89.3 cm³/mol. The second kappa shape index (κ2) is 4.65. The molecule has 0 atom stereocenters. The molecular formula is C18H16N4O. The Balaban J connectivity index is 1.70. The largest absolute Gasteiger partial charge is 0.311 e. The Morgan fingerprint density at radius 3 is 2.96 bits per heavy atom. The van der Waals surface area contributed by atoms with Crippen LogP contribution in [0.4, 0.5) is 11.6 Å². The summed E-state index contributed by atoms with van der Waals surface area (Å²) in [6.45, 7) is 0.832. The third kappa shape index (κ3) is 1.82. The number of para-hydroxylation sites is 1. The van der Waals surface area contributed by atoms with Crippen LogP contribution >= 0.6 is 0 Å². The fourth-order valence-electron chi connectivity index (χ4n) is 3.84. The van der Waals surface area contributed by atoms with Gasteiger partial charge in [0.25, 0.3) is 5.56 Å². The van der Waals surface area contributed by atoms with Gasteiger partial charge in [0, 0.05) is 18.4 Å². The smallest absolute Gasteiger partial charge is 0.262 e. The second-order valence-electron chi connectivity index (χ2n) is 6.23. The van der Waals surface area contributed by atoms with Crippen molar-refractivity contribution in [2.45, 2.75) is 25.7 Å². The van der Waals surface area contributed by atoms with E-state index in [1.807, 2.05) is 18.3 Å². The minimum absolute atomic E-state index is 0.0689. The summed E-state index contributed by atoms with van der Waals surface area (Å²) in [5, 5.41) is 0.677. The molecule has 0 amide bonds. The fourth-order valence-corrected chi connectivity index (χ4v) is 3.84. The van der Waals surface area contributed by atoms with Crippen LogP contribution < -0.4 is 10.5 Å². The van der Waals surface area contributed by atoms with Crippen molar-refractivity contribution < 1.29 is 0 Å². The molecule has 3 aromatic rings. The van der Waals surface area contributed by atoms with Gasteiger partial charge < -0.3 is 4.90 Å². The average Bonchev–Trinajstić information content (AvgIpc) is 3.20. The van der Waals surface area contributed by atoms with Gasteiger partial charge in [0.05, 0.1) is 5.39 Å². The van der Waals surface area contributed by atoms with Crippen LogP contribution in [0.5, 0.6) is 0 Å². The normalized spacial score (nSPS) is 15.9. The molecule has 0 saturated heterocycles. The van der Waals surface area contributed by atoms with E-state index in [2.05, 4.69) is 32.0 Å². The van der Waals surface area contributed by atoms with Gasteiger partial charge in [0.15, 0.2) is 5.65 Å². The van der Waals surface area contributed by atoms with Crippen LogP contribution in [0.2, 0.25) is 0 Å². The number of aromatic nitrogens is 3. The molecule has 0 radical (unpaired) electrons.